The van der Waals surface area contributed by atoms with Crippen LogP contribution in [0.2, 0.25) is 0 Å². The minimum atomic E-state index is -0.185. The number of hydrogen-bond acceptors (Lipinski definition) is 4. The van der Waals surface area contributed by atoms with Gasteiger partial charge in [0.15, 0.2) is 0 Å². The van der Waals surface area contributed by atoms with Crippen LogP contribution in [0.4, 0.5) is 11.4 Å². The van der Waals surface area contributed by atoms with Gasteiger partial charge in [-0.05, 0) is 18.6 Å². The zero-order valence-electron chi connectivity index (χ0n) is 12.4. The lowest BCUT2D eigenvalue weighted by molar-refractivity contribution is 0.0945. The van der Waals surface area contributed by atoms with Crippen LogP contribution in [0, 0.1) is 0 Å². The van der Waals surface area contributed by atoms with E-state index in [1.807, 2.05) is 25.2 Å². The fraction of sp³-hybridized carbons (Fsp3) is 0.333. The van der Waals surface area contributed by atoms with E-state index in [0.29, 0.717) is 17.9 Å². The SMILES string of the molecule is CN(CCCNC(=O)c1c(N)cnn1C)c1ccccc1. The molecule has 0 aliphatic heterocycles. The van der Waals surface area contributed by atoms with Gasteiger partial charge < -0.3 is 16.0 Å². The van der Waals surface area contributed by atoms with Crippen LogP contribution in [0.5, 0.6) is 0 Å². The summed E-state index contributed by atoms with van der Waals surface area (Å²) in [6.07, 6.45) is 2.34. The number of amides is 1. The van der Waals surface area contributed by atoms with Crippen molar-refractivity contribution in [3.05, 3.63) is 42.2 Å². The van der Waals surface area contributed by atoms with Crippen molar-refractivity contribution in [2.75, 3.05) is 30.8 Å². The molecule has 0 spiro atoms. The van der Waals surface area contributed by atoms with Gasteiger partial charge in [-0.1, -0.05) is 18.2 Å². The van der Waals surface area contributed by atoms with Gasteiger partial charge >= 0.3 is 0 Å². The van der Waals surface area contributed by atoms with Gasteiger partial charge in [0.25, 0.3) is 5.91 Å². The predicted molar refractivity (Wildman–Crippen MR) is 84.3 cm³/mol. The second-order valence-electron chi connectivity index (χ2n) is 4.94. The molecule has 0 saturated heterocycles. The third-order valence-electron chi connectivity index (χ3n) is 3.33. The van der Waals surface area contributed by atoms with Crippen LogP contribution in [0.15, 0.2) is 36.5 Å². The van der Waals surface area contributed by atoms with Crippen molar-refractivity contribution < 1.29 is 4.79 Å². The normalized spacial score (nSPS) is 10.4. The van der Waals surface area contributed by atoms with Gasteiger partial charge in [-0.3, -0.25) is 9.48 Å². The van der Waals surface area contributed by atoms with Crippen LogP contribution in [0.25, 0.3) is 0 Å². The lowest BCUT2D eigenvalue weighted by Crippen LogP contribution is -2.30. The minimum absolute atomic E-state index is 0.185. The molecule has 0 radical (unpaired) electrons. The summed E-state index contributed by atoms with van der Waals surface area (Å²) in [6, 6.07) is 10.2. The van der Waals surface area contributed by atoms with Crippen molar-refractivity contribution >= 4 is 17.3 Å². The highest BCUT2D eigenvalue weighted by molar-refractivity contribution is 5.97. The summed E-state index contributed by atoms with van der Waals surface area (Å²) in [4.78, 5) is 14.2. The lowest BCUT2D eigenvalue weighted by Gasteiger charge is -2.19. The Hall–Kier alpha value is -2.50. The maximum atomic E-state index is 12.0. The third kappa shape index (κ3) is 3.75. The number of nitrogen functional groups attached to an aromatic ring is 1. The molecule has 0 atom stereocenters. The summed E-state index contributed by atoms with van der Waals surface area (Å²) < 4.78 is 1.49. The molecule has 1 aromatic heterocycles. The molecule has 2 rings (SSSR count). The minimum Gasteiger partial charge on any atom is -0.396 e. The van der Waals surface area contributed by atoms with Gasteiger partial charge in [-0.15, -0.1) is 0 Å². The monoisotopic (exact) mass is 287 g/mol. The van der Waals surface area contributed by atoms with Crippen molar-refractivity contribution in [2.45, 2.75) is 6.42 Å². The van der Waals surface area contributed by atoms with Crippen LogP contribution in [-0.4, -0.2) is 35.8 Å². The summed E-state index contributed by atoms with van der Waals surface area (Å²) in [5.41, 5.74) is 7.69. The molecule has 0 fully saturated rings. The van der Waals surface area contributed by atoms with Gasteiger partial charge in [-0.2, -0.15) is 5.10 Å². The Labute approximate surface area is 124 Å². The zero-order valence-corrected chi connectivity index (χ0v) is 12.4. The first-order chi connectivity index (χ1) is 10.1. The van der Waals surface area contributed by atoms with E-state index in [4.69, 9.17) is 5.73 Å². The van der Waals surface area contributed by atoms with Crippen LogP contribution in [0.3, 0.4) is 0 Å². The summed E-state index contributed by atoms with van der Waals surface area (Å²) >= 11 is 0. The quantitative estimate of drug-likeness (QED) is 0.784. The number of carbonyl (C=O) groups is 1. The molecule has 1 amide bonds. The highest BCUT2D eigenvalue weighted by atomic mass is 16.2. The fourth-order valence-corrected chi connectivity index (χ4v) is 2.15. The Kier molecular flexibility index (Phi) is 4.81. The van der Waals surface area contributed by atoms with Crippen LogP contribution < -0.4 is 16.0 Å². The standard InChI is InChI=1S/C15H21N5O/c1-19(12-7-4-3-5-8-12)10-6-9-17-15(21)14-13(16)11-18-20(14)2/h3-5,7-8,11H,6,9-10,16H2,1-2H3,(H,17,21). The Balaban J connectivity index is 1.76. The van der Waals surface area contributed by atoms with Gasteiger partial charge in [0.1, 0.15) is 5.69 Å². The van der Waals surface area contributed by atoms with E-state index in [1.54, 1.807) is 7.05 Å². The molecule has 0 saturated carbocycles. The van der Waals surface area contributed by atoms with Crippen molar-refractivity contribution in [1.82, 2.24) is 15.1 Å². The molecule has 0 unspecified atom stereocenters. The number of benzene rings is 1. The van der Waals surface area contributed by atoms with Gasteiger partial charge in [-0.25, -0.2) is 0 Å². The average molecular weight is 287 g/mol. The molecular weight excluding hydrogens is 266 g/mol. The number of hydrogen-bond donors (Lipinski definition) is 2. The molecule has 3 N–H and O–H groups in total. The van der Waals surface area contributed by atoms with E-state index in [1.165, 1.54) is 16.6 Å². The summed E-state index contributed by atoms with van der Waals surface area (Å²) in [6.45, 7) is 1.46. The summed E-state index contributed by atoms with van der Waals surface area (Å²) in [5, 5.41) is 6.82. The Bertz CT molecular complexity index is 574. The molecule has 112 valence electrons. The number of nitrogens with one attached hydrogen (secondary N) is 1. The number of aromatic nitrogens is 2. The molecule has 0 aliphatic carbocycles. The lowest BCUT2D eigenvalue weighted by atomic mass is 10.3. The molecule has 0 aliphatic rings. The van der Waals surface area contributed by atoms with E-state index < -0.39 is 0 Å². The summed E-state index contributed by atoms with van der Waals surface area (Å²) in [7, 11) is 3.74. The van der Waals surface area contributed by atoms with E-state index >= 15 is 0 Å². The molecule has 1 heterocycles. The fourth-order valence-electron chi connectivity index (χ4n) is 2.15. The predicted octanol–water partition coefficient (Wildman–Crippen LogP) is 1.26. The van der Waals surface area contributed by atoms with Gasteiger partial charge in [0.2, 0.25) is 0 Å². The maximum Gasteiger partial charge on any atom is 0.271 e. The second-order valence-corrected chi connectivity index (χ2v) is 4.94. The van der Waals surface area contributed by atoms with Crippen molar-refractivity contribution in [3.63, 3.8) is 0 Å². The molecule has 21 heavy (non-hydrogen) atoms. The summed E-state index contributed by atoms with van der Waals surface area (Å²) in [5.74, 6) is -0.185. The number of para-hydroxylation sites is 1. The van der Waals surface area contributed by atoms with E-state index in [-0.39, 0.29) is 5.91 Å². The van der Waals surface area contributed by atoms with Crippen molar-refractivity contribution in [1.29, 1.82) is 0 Å². The van der Waals surface area contributed by atoms with Crippen molar-refractivity contribution in [3.8, 4) is 0 Å². The largest absolute Gasteiger partial charge is 0.396 e. The Morgan fingerprint density at radius 1 is 1.38 bits per heavy atom. The number of nitrogens with zero attached hydrogens (tertiary/aromatic N) is 3. The van der Waals surface area contributed by atoms with E-state index in [9.17, 15) is 4.79 Å². The highest BCUT2D eigenvalue weighted by Gasteiger charge is 2.14. The Morgan fingerprint density at radius 3 is 2.71 bits per heavy atom. The number of aryl methyl sites for hydroxylation is 1. The first kappa shape index (κ1) is 14.9. The molecule has 6 nitrogen and oxygen atoms in total. The van der Waals surface area contributed by atoms with Crippen molar-refractivity contribution in [2.24, 2.45) is 7.05 Å². The molecule has 1 aromatic carbocycles. The number of rotatable bonds is 6. The van der Waals surface area contributed by atoms with Crippen LogP contribution in [-0.2, 0) is 7.05 Å². The first-order valence-corrected chi connectivity index (χ1v) is 6.91. The van der Waals surface area contributed by atoms with Gasteiger partial charge in [0, 0.05) is 32.9 Å². The molecule has 2 aromatic rings. The molecular formula is C15H21N5O. The van der Waals surface area contributed by atoms with Gasteiger partial charge in [0.05, 0.1) is 11.9 Å². The highest BCUT2D eigenvalue weighted by Crippen LogP contribution is 2.11. The van der Waals surface area contributed by atoms with E-state index in [0.717, 1.165) is 13.0 Å². The van der Waals surface area contributed by atoms with Crippen LogP contribution >= 0.6 is 0 Å². The number of carbonyl (C=O) groups excluding carboxylic acids is 1. The van der Waals surface area contributed by atoms with Crippen LogP contribution in [0.1, 0.15) is 16.9 Å². The molecule has 0 bridgehead atoms. The molecule has 6 heteroatoms. The second kappa shape index (κ2) is 6.78. The zero-order chi connectivity index (χ0) is 15.2. The Morgan fingerprint density at radius 2 is 2.10 bits per heavy atom. The maximum absolute atomic E-state index is 12.0. The third-order valence-corrected chi connectivity index (χ3v) is 3.33. The topological polar surface area (TPSA) is 76.2 Å². The smallest absolute Gasteiger partial charge is 0.271 e. The number of anilines is 2. The number of nitrogens with two attached hydrogens (primary N) is 1. The average Bonchev–Trinajstić information content (AvgIpc) is 2.83. The van der Waals surface area contributed by atoms with E-state index in [2.05, 4.69) is 27.4 Å². The first-order valence-electron chi connectivity index (χ1n) is 6.91.